The summed E-state index contributed by atoms with van der Waals surface area (Å²) in [4.78, 5) is 33.3. The number of carboxylic acids is 2. The lowest BCUT2D eigenvalue weighted by molar-refractivity contribution is -0.580. The Labute approximate surface area is 171 Å². The molecule has 4 heterocycles. The third kappa shape index (κ3) is 8.97. The largest absolute Gasteiger partial charge is 0.542 e. The highest BCUT2D eigenvalue weighted by molar-refractivity contribution is 5.71. The first kappa shape index (κ1) is 25.7. The number of nitrogens with one attached hydrogen (secondary N) is 2. The Balaban J connectivity index is 0.000000216. The number of nitrogens with zero attached hydrogens (tertiary/aromatic N) is 6. The molecule has 2 N–H and O–H groups in total. The van der Waals surface area contributed by atoms with Gasteiger partial charge in [-0.05, 0) is 0 Å². The molecule has 0 atom stereocenters. The molecular weight excluding hydrogens is 458 g/mol. The van der Waals surface area contributed by atoms with Gasteiger partial charge < -0.3 is 19.8 Å². The molecule has 172 valence electrons. The van der Waals surface area contributed by atoms with E-state index in [4.69, 9.17) is 19.8 Å². The highest BCUT2D eigenvalue weighted by Crippen LogP contribution is 2.12. The van der Waals surface area contributed by atoms with E-state index in [0.29, 0.717) is 11.6 Å². The number of aromatic nitrogens is 8. The zero-order chi connectivity index (χ0) is 24.4. The Hall–Kier alpha value is -4.38. The molecule has 0 aliphatic heterocycles. The van der Waals surface area contributed by atoms with E-state index < -0.39 is 24.3 Å². The van der Waals surface area contributed by atoms with Gasteiger partial charge in [0.2, 0.25) is 0 Å². The highest BCUT2D eigenvalue weighted by Gasteiger charge is 2.29. The zero-order valence-corrected chi connectivity index (χ0v) is 15.2. The molecule has 0 aliphatic rings. The van der Waals surface area contributed by atoms with Crippen LogP contribution in [0, 0.1) is 0 Å². The van der Waals surface area contributed by atoms with Gasteiger partial charge in [-0.3, -0.25) is 0 Å². The number of carbonyl (C=O) groups is 2. The van der Waals surface area contributed by atoms with Crippen molar-refractivity contribution in [2.75, 3.05) is 0 Å². The number of fused-ring (bicyclic) bond motifs is 2. The lowest BCUT2D eigenvalue weighted by Gasteiger charge is -2.03. The molecule has 4 aromatic rings. The van der Waals surface area contributed by atoms with Gasteiger partial charge in [-0.1, -0.05) is 19.9 Å². The van der Waals surface area contributed by atoms with Crippen molar-refractivity contribution in [3.63, 3.8) is 0 Å². The zero-order valence-electron chi connectivity index (χ0n) is 15.2. The van der Waals surface area contributed by atoms with Crippen LogP contribution in [0.1, 0.15) is 0 Å². The van der Waals surface area contributed by atoms with E-state index in [1.807, 2.05) is 24.5 Å². The molecule has 0 saturated carbocycles. The quantitative estimate of drug-likeness (QED) is 0.214. The molecule has 0 amide bonds. The first-order valence-electron chi connectivity index (χ1n) is 7.70. The number of carboxylic acid groups (broad SMARTS) is 2. The minimum atomic E-state index is -5.19. The Bertz CT molecular complexity index is 993. The smallest absolute Gasteiger partial charge is 0.456 e. The number of aromatic amines is 2. The van der Waals surface area contributed by atoms with Crippen molar-refractivity contribution in [3.05, 3.63) is 49.6 Å². The molecule has 4 aromatic heterocycles. The van der Waals surface area contributed by atoms with Crippen molar-refractivity contribution in [1.82, 2.24) is 30.1 Å². The maximum Gasteiger partial charge on any atom is 0.456 e. The second kappa shape index (κ2) is 11.1. The number of H-pyrrole nitrogens is 2. The van der Waals surface area contributed by atoms with E-state index in [-0.39, 0.29) is 0 Å². The lowest BCUT2D eigenvalue weighted by atomic mass is 10.7. The number of rotatable bonds is 0. The summed E-state index contributed by atoms with van der Waals surface area (Å²) in [6.07, 6.45) is -0.0678. The van der Waals surface area contributed by atoms with Crippen molar-refractivity contribution in [1.29, 1.82) is 0 Å². The minimum absolute atomic E-state index is 0.692. The van der Waals surface area contributed by atoms with E-state index in [1.54, 1.807) is 34.1 Å². The number of hydrogen-bond donors (Lipinski definition) is 2. The fraction of sp³-hybridized carbons (Fsp3) is 0.143. The average molecular weight is 468 g/mol. The molecule has 18 heteroatoms. The van der Waals surface area contributed by atoms with Gasteiger partial charge in [0, 0.05) is 12.1 Å². The fourth-order valence-electron chi connectivity index (χ4n) is 1.42. The van der Waals surface area contributed by atoms with Crippen LogP contribution in [0.4, 0.5) is 26.3 Å². The van der Waals surface area contributed by atoms with Gasteiger partial charge >= 0.3 is 23.9 Å². The van der Waals surface area contributed by atoms with Crippen LogP contribution in [-0.4, -0.2) is 54.4 Å². The molecule has 0 fully saturated rings. The van der Waals surface area contributed by atoms with Crippen LogP contribution in [0.3, 0.4) is 0 Å². The van der Waals surface area contributed by atoms with Crippen LogP contribution < -0.4 is 19.2 Å². The van der Waals surface area contributed by atoms with Crippen molar-refractivity contribution in [2.45, 2.75) is 12.4 Å². The predicted molar refractivity (Wildman–Crippen MR) is 81.2 cm³/mol. The molecular formula is C14H10F6N8O4. The summed E-state index contributed by atoms with van der Waals surface area (Å²) in [7, 11) is 0. The van der Waals surface area contributed by atoms with Crippen LogP contribution in [0.5, 0.6) is 0 Å². The Kier molecular flexibility index (Phi) is 8.92. The van der Waals surface area contributed by atoms with Crippen LogP contribution in [0.25, 0.3) is 11.6 Å². The topological polar surface area (TPSA) is 172 Å². The normalized spacial score (nSPS) is 10.7. The molecule has 0 aliphatic carbocycles. The summed E-state index contributed by atoms with van der Waals surface area (Å²) in [6, 6.07) is 3.68. The summed E-state index contributed by atoms with van der Waals surface area (Å²) in [5.74, 6) is -4.63. The van der Waals surface area contributed by atoms with Crippen LogP contribution in [0.2, 0.25) is 0 Å². The molecule has 0 spiro atoms. The van der Waals surface area contributed by atoms with E-state index in [2.05, 4.69) is 30.1 Å². The highest BCUT2D eigenvalue weighted by atomic mass is 19.4. The molecule has 0 bridgehead atoms. The molecule has 0 radical (unpaired) electrons. The molecule has 4 rings (SSSR count). The van der Waals surface area contributed by atoms with Gasteiger partial charge in [-0.15, -0.1) is 9.03 Å². The summed E-state index contributed by atoms with van der Waals surface area (Å²) < 4.78 is 66.6. The Morgan fingerprint density at radius 3 is 1.28 bits per heavy atom. The standard InChI is InChI=1S/2C5H4N4.2C2HF3O2/c2*1-2-6-5-7-4-8-9(5)3-1;2*3-2(4,5)1(6)7/h2*1-4H;2*(H,6,7). The maximum atomic E-state index is 10.5. The number of alkyl halides is 6. The molecule has 0 unspecified atom stereocenters. The Morgan fingerprint density at radius 1 is 0.719 bits per heavy atom. The maximum absolute atomic E-state index is 10.5. The molecule has 12 nitrogen and oxygen atoms in total. The number of aliphatic carboxylic acids is 2. The van der Waals surface area contributed by atoms with E-state index in [9.17, 15) is 26.3 Å². The lowest BCUT2D eigenvalue weighted by Crippen LogP contribution is -2.37. The van der Waals surface area contributed by atoms with Crippen molar-refractivity contribution < 1.29 is 55.2 Å². The molecule has 0 aromatic carbocycles. The van der Waals surface area contributed by atoms with Crippen LogP contribution in [-0.2, 0) is 9.59 Å². The predicted octanol–water partition coefficient (Wildman–Crippen LogP) is -2.32. The van der Waals surface area contributed by atoms with Crippen molar-refractivity contribution >= 4 is 23.5 Å². The van der Waals surface area contributed by atoms with Gasteiger partial charge in [0.1, 0.15) is 24.3 Å². The fourth-order valence-corrected chi connectivity index (χ4v) is 1.42. The van der Waals surface area contributed by atoms with Gasteiger partial charge in [0.05, 0.1) is 12.4 Å². The third-order valence-electron chi connectivity index (χ3n) is 2.67. The SMILES string of the molecule is O=C([O-])C(F)(F)F.O=C([O-])C(F)(F)F.c1cnc2nc[nH][n+]2c1.c1cnc2nc[nH][n+]2c1. The van der Waals surface area contributed by atoms with E-state index >= 15 is 0 Å². The van der Waals surface area contributed by atoms with Crippen molar-refractivity contribution in [2.24, 2.45) is 0 Å². The first-order chi connectivity index (χ1) is 14.8. The third-order valence-corrected chi connectivity index (χ3v) is 2.67. The van der Waals surface area contributed by atoms with E-state index in [1.165, 1.54) is 0 Å². The first-order valence-corrected chi connectivity index (χ1v) is 7.70. The van der Waals surface area contributed by atoms with Crippen LogP contribution >= 0.6 is 0 Å². The van der Waals surface area contributed by atoms with Gasteiger partial charge in [-0.2, -0.15) is 26.3 Å². The second-order valence-corrected chi connectivity index (χ2v) is 4.92. The van der Waals surface area contributed by atoms with Crippen LogP contribution in [0.15, 0.2) is 49.6 Å². The Morgan fingerprint density at radius 2 is 1.03 bits per heavy atom. The molecule has 0 saturated heterocycles. The van der Waals surface area contributed by atoms with Gasteiger partial charge in [-0.25, -0.2) is 10.2 Å². The van der Waals surface area contributed by atoms with Gasteiger partial charge in [0.15, 0.2) is 12.7 Å². The summed E-state index contributed by atoms with van der Waals surface area (Å²) in [6.45, 7) is 0. The average Bonchev–Trinajstić information content (AvgIpc) is 3.37. The van der Waals surface area contributed by atoms with E-state index in [0.717, 1.165) is 0 Å². The monoisotopic (exact) mass is 468 g/mol. The molecule has 32 heavy (non-hydrogen) atoms. The second-order valence-electron chi connectivity index (χ2n) is 4.92. The van der Waals surface area contributed by atoms with Crippen molar-refractivity contribution in [3.8, 4) is 0 Å². The summed E-state index contributed by atoms with van der Waals surface area (Å²) in [5, 5.41) is 23.3. The minimum Gasteiger partial charge on any atom is -0.542 e. The summed E-state index contributed by atoms with van der Waals surface area (Å²) in [5.41, 5.74) is 0. The van der Waals surface area contributed by atoms with Gasteiger partial charge in [0.25, 0.3) is 0 Å². The number of halogens is 6. The number of carbonyl (C=O) groups excluding carboxylic acids is 2. The number of hydrogen-bond acceptors (Lipinski definition) is 8. The summed E-state index contributed by atoms with van der Waals surface area (Å²) >= 11 is 0.